The second-order valence-electron chi connectivity index (χ2n) is 8.65. The van der Waals surface area contributed by atoms with E-state index in [2.05, 4.69) is 16.0 Å². The summed E-state index contributed by atoms with van der Waals surface area (Å²) >= 11 is 0. The molecular weight excluding hydrogens is 478 g/mol. The van der Waals surface area contributed by atoms with Crippen molar-refractivity contribution in [1.29, 1.82) is 0 Å². The van der Waals surface area contributed by atoms with E-state index in [4.69, 9.17) is 18.9 Å². The van der Waals surface area contributed by atoms with Gasteiger partial charge in [-0.05, 0) is 54.2 Å². The number of ether oxygens (including phenoxy) is 4. The molecule has 1 aliphatic carbocycles. The highest BCUT2D eigenvalue weighted by Crippen LogP contribution is 2.50. The summed E-state index contributed by atoms with van der Waals surface area (Å²) in [5, 5.41) is 8.70. The van der Waals surface area contributed by atoms with Crippen molar-refractivity contribution in [1.82, 2.24) is 10.6 Å². The van der Waals surface area contributed by atoms with Gasteiger partial charge in [0, 0.05) is 32.7 Å². The Morgan fingerprint density at radius 3 is 2.43 bits per heavy atom. The Kier molecular flexibility index (Phi) is 9.73. The van der Waals surface area contributed by atoms with Crippen LogP contribution in [0.1, 0.15) is 36.9 Å². The molecule has 37 heavy (non-hydrogen) atoms. The fraction of sp³-hybridized carbons (Fsp3) is 0.444. The maximum atomic E-state index is 13.2. The van der Waals surface area contributed by atoms with Crippen LogP contribution >= 0.6 is 0 Å². The molecule has 0 aromatic heterocycles. The number of benzene rings is 1. The first-order valence-electron chi connectivity index (χ1n) is 12.1. The largest absolute Gasteiger partial charge is 0.493 e. The van der Waals surface area contributed by atoms with Gasteiger partial charge in [0.25, 0.3) is 0 Å². The highest BCUT2D eigenvalue weighted by Gasteiger charge is 2.29. The second kappa shape index (κ2) is 13.0. The van der Waals surface area contributed by atoms with Gasteiger partial charge in [-0.1, -0.05) is 6.07 Å². The van der Waals surface area contributed by atoms with Gasteiger partial charge in [0.2, 0.25) is 23.0 Å². The predicted molar refractivity (Wildman–Crippen MR) is 141 cm³/mol. The van der Waals surface area contributed by atoms with Crippen LogP contribution in [0.3, 0.4) is 0 Å². The van der Waals surface area contributed by atoms with Crippen LogP contribution in [0.2, 0.25) is 0 Å². The second-order valence-corrected chi connectivity index (χ2v) is 8.65. The van der Waals surface area contributed by atoms with Crippen molar-refractivity contribution in [3.63, 3.8) is 0 Å². The average Bonchev–Trinajstić information content (AvgIpc) is 3.12. The minimum atomic E-state index is -0.404. The van der Waals surface area contributed by atoms with Crippen molar-refractivity contribution in [3.8, 4) is 28.4 Å². The lowest BCUT2D eigenvalue weighted by molar-refractivity contribution is -0.120. The third kappa shape index (κ3) is 6.51. The van der Waals surface area contributed by atoms with Gasteiger partial charge in [-0.3, -0.25) is 14.4 Å². The molecule has 3 N–H and O–H groups in total. The average molecular weight is 514 g/mol. The van der Waals surface area contributed by atoms with Gasteiger partial charge in [0.15, 0.2) is 11.5 Å². The lowest BCUT2D eigenvalue weighted by Crippen LogP contribution is -2.31. The van der Waals surface area contributed by atoms with Gasteiger partial charge < -0.3 is 34.9 Å². The normalized spacial score (nSPS) is 13.9. The smallest absolute Gasteiger partial charge is 0.239 e. The maximum Gasteiger partial charge on any atom is 0.239 e. The number of carbonyl (C=O) groups excluding carboxylic acids is 2. The fourth-order valence-electron chi connectivity index (χ4n) is 4.54. The predicted octanol–water partition coefficient (Wildman–Crippen LogP) is 2.43. The minimum Gasteiger partial charge on any atom is -0.493 e. The van der Waals surface area contributed by atoms with E-state index in [9.17, 15) is 14.4 Å². The summed E-state index contributed by atoms with van der Waals surface area (Å²) in [4.78, 5) is 37.5. The molecule has 10 heteroatoms. The molecule has 10 nitrogen and oxygen atoms in total. The number of rotatable bonds is 11. The van der Waals surface area contributed by atoms with Crippen molar-refractivity contribution in [2.24, 2.45) is 0 Å². The Morgan fingerprint density at radius 1 is 1.03 bits per heavy atom. The van der Waals surface area contributed by atoms with Crippen molar-refractivity contribution in [2.75, 3.05) is 53.5 Å². The first-order chi connectivity index (χ1) is 17.8. The monoisotopic (exact) mass is 513 g/mol. The summed E-state index contributed by atoms with van der Waals surface area (Å²) in [6.07, 6.45) is 1.87. The van der Waals surface area contributed by atoms with Gasteiger partial charge in [-0.15, -0.1) is 0 Å². The molecule has 0 radical (unpaired) electrons. The Bertz CT molecular complexity index is 1200. The molecule has 0 saturated carbocycles. The molecule has 0 saturated heterocycles. The SMILES string of the molecule is COCCCNC(=O)CNc1ccc2c(cc1=O)[C@@H](NC(C)=O)CCc1cc(OC)c(OC)c(OC)c1-2. The maximum absolute atomic E-state index is 13.2. The summed E-state index contributed by atoms with van der Waals surface area (Å²) < 4.78 is 21.9. The first-order valence-corrected chi connectivity index (χ1v) is 12.1. The van der Waals surface area contributed by atoms with Crippen LogP contribution in [0, 0.1) is 0 Å². The molecule has 0 fully saturated rings. The topological polar surface area (TPSA) is 124 Å². The van der Waals surface area contributed by atoms with E-state index in [1.165, 1.54) is 20.1 Å². The van der Waals surface area contributed by atoms with Crippen molar-refractivity contribution in [3.05, 3.63) is 45.6 Å². The Balaban J connectivity index is 2.09. The molecule has 0 unspecified atom stereocenters. The summed E-state index contributed by atoms with van der Waals surface area (Å²) in [5.74, 6) is 1.01. The third-order valence-corrected chi connectivity index (χ3v) is 6.20. The molecule has 2 amide bonds. The van der Waals surface area contributed by atoms with E-state index >= 15 is 0 Å². The Hall–Kier alpha value is -3.79. The molecule has 0 heterocycles. The molecule has 3 rings (SSSR count). The molecule has 2 aromatic rings. The number of hydrogen-bond donors (Lipinski definition) is 3. The standard InChI is InChI=1S/C27H35N3O7/c1-16(31)30-20-9-7-17-13-23(35-3)26(36-4)27(37-5)25(17)18-8-10-21(22(32)14-19(18)20)29-15-24(33)28-11-6-12-34-2/h8,10,13-14,20H,6-7,9,11-12,15H2,1-5H3,(H,28,33)(H,29,32)(H,30,31)/t20-/m0/s1. The van der Waals surface area contributed by atoms with E-state index in [0.29, 0.717) is 55.2 Å². The first kappa shape index (κ1) is 27.8. The molecule has 0 bridgehead atoms. The van der Waals surface area contributed by atoms with Crippen molar-refractivity contribution < 1.29 is 28.5 Å². The van der Waals surface area contributed by atoms with E-state index in [0.717, 1.165) is 16.7 Å². The van der Waals surface area contributed by atoms with Crippen LogP contribution in [-0.2, 0) is 20.7 Å². The van der Waals surface area contributed by atoms with Crippen LogP contribution in [0.5, 0.6) is 17.2 Å². The van der Waals surface area contributed by atoms with Gasteiger partial charge in [0.1, 0.15) is 0 Å². The van der Waals surface area contributed by atoms with Crippen LogP contribution in [0.25, 0.3) is 11.1 Å². The van der Waals surface area contributed by atoms with Crippen LogP contribution in [0.15, 0.2) is 29.1 Å². The number of nitrogens with one attached hydrogen (secondary N) is 3. The van der Waals surface area contributed by atoms with Gasteiger partial charge in [-0.25, -0.2) is 0 Å². The van der Waals surface area contributed by atoms with E-state index < -0.39 is 6.04 Å². The van der Waals surface area contributed by atoms with E-state index in [1.807, 2.05) is 12.1 Å². The number of fused-ring (bicyclic) bond motifs is 3. The lowest BCUT2D eigenvalue weighted by atomic mass is 9.95. The highest BCUT2D eigenvalue weighted by molar-refractivity contribution is 5.84. The fourth-order valence-corrected chi connectivity index (χ4v) is 4.54. The molecule has 2 aromatic carbocycles. The highest BCUT2D eigenvalue weighted by atomic mass is 16.5. The van der Waals surface area contributed by atoms with Crippen molar-refractivity contribution in [2.45, 2.75) is 32.2 Å². The number of hydrogen-bond acceptors (Lipinski definition) is 8. The summed E-state index contributed by atoms with van der Waals surface area (Å²) in [5.41, 5.74) is 3.04. The molecule has 0 aliphatic heterocycles. The number of anilines is 1. The molecule has 1 aliphatic rings. The Labute approximate surface area is 216 Å². The molecule has 0 spiro atoms. The summed E-state index contributed by atoms with van der Waals surface area (Å²) in [7, 11) is 6.25. The van der Waals surface area contributed by atoms with Gasteiger partial charge in [0.05, 0.1) is 39.6 Å². The van der Waals surface area contributed by atoms with Crippen molar-refractivity contribution >= 4 is 17.5 Å². The minimum absolute atomic E-state index is 0.0586. The van der Waals surface area contributed by atoms with Crippen LogP contribution in [0.4, 0.5) is 5.69 Å². The number of aryl methyl sites for hydroxylation is 1. The van der Waals surface area contributed by atoms with Crippen LogP contribution < -0.4 is 35.6 Å². The zero-order valence-corrected chi connectivity index (χ0v) is 22.0. The third-order valence-electron chi connectivity index (χ3n) is 6.20. The van der Waals surface area contributed by atoms with Crippen LogP contribution in [-0.4, -0.2) is 59.9 Å². The summed E-state index contributed by atoms with van der Waals surface area (Å²) in [6.45, 7) is 2.42. The van der Waals surface area contributed by atoms with E-state index in [1.54, 1.807) is 27.4 Å². The number of amides is 2. The van der Waals surface area contributed by atoms with Gasteiger partial charge in [-0.2, -0.15) is 0 Å². The zero-order valence-electron chi connectivity index (χ0n) is 22.0. The Morgan fingerprint density at radius 2 is 1.78 bits per heavy atom. The number of carbonyl (C=O) groups is 2. The molecular formula is C27H35N3O7. The van der Waals surface area contributed by atoms with Gasteiger partial charge >= 0.3 is 0 Å². The quantitative estimate of drug-likeness (QED) is 0.392. The zero-order chi connectivity index (χ0) is 26.9. The van der Waals surface area contributed by atoms with E-state index in [-0.39, 0.29) is 29.5 Å². The molecule has 1 atom stereocenters. The number of methoxy groups -OCH3 is 4. The molecule has 200 valence electrons. The lowest BCUT2D eigenvalue weighted by Gasteiger charge is -2.19. The summed E-state index contributed by atoms with van der Waals surface area (Å²) in [6, 6.07) is 6.46.